The normalized spacial score (nSPS) is 11.7. The van der Waals surface area contributed by atoms with E-state index in [1.807, 2.05) is 13.8 Å². The zero-order valence-corrected chi connectivity index (χ0v) is 15.4. The highest BCUT2D eigenvalue weighted by atomic mass is 79.9. The van der Waals surface area contributed by atoms with Crippen molar-refractivity contribution >= 4 is 31.9 Å². The molecule has 2 rings (SSSR count). The Morgan fingerprint density at radius 3 is 2.30 bits per heavy atom. The second-order valence-electron chi connectivity index (χ2n) is 5.43. The van der Waals surface area contributed by atoms with E-state index in [0.29, 0.717) is 16.6 Å². The van der Waals surface area contributed by atoms with E-state index in [4.69, 9.17) is 0 Å². The van der Waals surface area contributed by atoms with E-state index in [9.17, 15) is 12.8 Å². The molecule has 2 aromatic rings. The molecule has 1 aromatic carbocycles. The molecule has 1 heterocycles. The molecule has 0 aliphatic carbocycles. The predicted molar refractivity (Wildman–Crippen MR) is 92.6 cm³/mol. The van der Waals surface area contributed by atoms with Crippen LogP contribution in [0, 0.1) is 5.82 Å². The van der Waals surface area contributed by atoms with E-state index in [1.54, 1.807) is 12.1 Å². The Bertz CT molecular complexity index is 808. The van der Waals surface area contributed by atoms with Crippen LogP contribution >= 0.6 is 15.9 Å². The summed E-state index contributed by atoms with van der Waals surface area (Å²) in [5.74, 6) is -0.258. The standard InChI is InChI=1S/C15H17BrFN3O2S/c1-9(2)13-12(8-16)14(10-4-6-11(17)7-5-10)19-15(18-13)20-23(3,21)22/h4-7,9H,8H2,1-3H3,(H,18,19,20). The highest BCUT2D eigenvalue weighted by Crippen LogP contribution is 2.30. The summed E-state index contributed by atoms with van der Waals surface area (Å²) >= 11 is 3.43. The number of anilines is 1. The molecule has 0 unspecified atom stereocenters. The fourth-order valence-corrected chi connectivity index (χ4v) is 3.14. The van der Waals surface area contributed by atoms with Gasteiger partial charge in [0.2, 0.25) is 16.0 Å². The molecule has 1 aromatic heterocycles. The molecule has 124 valence electrons. The molecule has 8 heteroatoms. The van der Waals surface area contributed by atoms with Crippen LogP contribution in [0.25, 0.3) is 11.3 Å². The lowest BCUT2D eigenvalue weighted by Gasteiger charge is -2.16. The lowest BCUT2D eigenvalue weighted by molar-refractivity contribution is 0.606. The molecule has 0 bridgehead atoms. The molecule has 0 aliphatic heterocycles. The maximum Gasteiger partial charge on any atom is 0.237 e. The van der Waals surface area contributed by atoms with E-state index < -0.39 is 10.0 Å². The quantitative estimate of drug-likeness (QED) is 0.775. The lowest BCUT2D eigenvalue weighted by Crippen LogP contribution is -2.15. The summed E-state index contributed by atoms with van der Waals surface area (Å²) in [6.45, 7) is 3.93. The Kier molecular flexibility index (Phi) is 5.36. The van der Waals surface area contributed by atoms with E-state index in [1.165, 1.54) is 12.1 Å². The molecular weight excluding hydrogens is 385 g/mol. The highest BCUT2D eigenvalue weighted by Gasteiger charge is 2.18. The van der Waals surface area contributed by atoms with Gasteiger partial charge in [0.05, 0.1) is 17.6 Å². The minimum absolute atomic E-state index is 0.0141. The Labute approximate surface area is 143 Å². The minimum atomic E-state index is -3.49. The van der Waals surface area contributed by atoms with Gasteiger partial charge in [-0.3, -0.25) is 4.72 Å². The van der Waals surface area contributed by atoms with Crippen LogP contribution in [0.3, 0.4) is 0 Å². The van der Waals surface area contributed by atoms with Gasteiger partial charge < -0.3 is 0 Å². The Morgan fingerprint density at radius 2 is 1.83 bits per heavy atom. The molecule has 0 saturated carbocycles. The number of nitrogens with one attached hydrogen (secondary N) is 1. The maximum absolute atomic E-state index is 13.2. The SMILES string of the molecule is CC(C)c1nc(NS(C)(=O)=O)nc(-c2ccc(F)cc2)c1CBr. The van der Waals surface area contributed by atoms with Crippen molar-refractivity contribution in [3.05, 3.63) is 41.3 Å². The van der Waals surface area contributed by atoms with Gasteiger partial charge in [0.25, 0.3) is 0 Å². The Morgan fingerprint density at radius 1 is 1.22 bits per heavy atom. The molecule has 0 spiro atoms. The topological polar surface area (TPSA) is 72.0 Å². The van der Waals surface area contributed by atoms with Gasteiger partial charge in [-0.05, 0) is 30.2 Å². The van der Waals surface area contributed by atoms with Gasteiger partial charge in [-0.1, -0.05) is 29.8 Å². The average Bonchev–Trinajstić information content (AvgIpc) is 2.45. The molecule has 0 atom stereocenters. The van der Waals surface area contributed by atoms with Gasteiger partial charge in [-0.2, -0.15) is 0 Å². The van der Waals surface area contributed by atoms with Crippen LogP contribution in [-0.4, -0.2) is 24.6 Å². The molecule has 0 saturated heterocycles. The summed E-state index contributed by atoms with van der Waals surface area (Å²) in [7, 11) is -3.49. The Balaban J connectivity index is 2.68. The number of alkyl halides is 1. The maximum atomic E-state index is 13.2. The summed E-state index contributed by atoms with van der Waals surface area (Å²) in [5.41, 5.74) is 2.86. The second kappa shape index (κ2) is 6.92. The van der Waals surface area contributed by atoms with Gasteiger partial charge in [0.15, 0.2) is 0 Å². The number of aromatic nitrogens is 2. The van der Waals surface area contributed by atoms with Crippen molar-refractivity contribution in [1.29, 1.82) is 0 Å². The van der Waals surface area contributed by atoms with Crippen molar-refractivity contribution in [3.63, 3.8) is 0 Å². The molecule has 0 radical (unpaired) electrons. The molecule has 5 nitrogen and oxygen atoms in total. The smallest absolute Gasteiger partial charge is 0.237 e. The van der Waals surface area contributed by atoms with E-state index in [2.05, 4.69) is 30.6 Å². The summed E-state index contributed by atoms with van der Waals surface area (Å²) in [4.78, 5) is 8.64. The number of hydrogen-bond acceptors (Lipinski definition) is 4. The zero-order chi connectivity index (χ0) is 17.2. The van der Waals surface area contributed by atoms with Crippen molar-refractivity contribution in [3.8, 4) is 11.3 Å². The molecule has 0 fully saturated rings. The lowest BCUT2D eigenvalue weighted by atomic mass is 10.00. The minimum Gasteiger partial charge on any atom is -0.251 e. The van der Waals surface area contributed by atoms with E-state index in [0.717, 1.165) is 17.5 Å². The first-order valence-corrected chi connectivity index (χ1v) is 9.93. The molecular formula is C15H17BrFN3O2S. The number of rotatable bonds is 5. The number of hydrogen-bond donors (Lipinski definition) is 1. The molecule has 23 heavy (non-hydrogen) atoms. The molecule has 0 aliphatic rings. The monoisotopic (exact) mass is 401 g/mol. The van der Waals surface area contributed by atoms with Crippen molar-refractivity contribution in [2.45, 2.75) is 25.1 Å². The van der Waals surface area contributed by atoms with Crippen LogP contribution in [0.5, 0.6) is 0 Å². The van der Waals surface area contributed by atoms with Crippen LogP contribution in [0.15, 0.2) is 24.3 Å². The van der Waals surface area contributed by atoms with Crippen molar-refractivity contribution in [1.82, 2.24) is 9.97 Å². The molecule has 0 amide bonds. The first-order chi connectivity index (χ1) is 10.7. The van der Waals surface area contributed by atoms with Crippen LogP contribution in [-0.2, 0) is 15.4 Å². The number of sulfonamides is 1. The van der Waals surface area contributed by atoms with Gasteiger partial charge >= 0.3 is 0 Å². The Hall–Kier alpha value is -1.54. The summed E-state index contributed by atoms with van der Waals surface area (Å²) in [6.07, 6.45) is 1.04. The number of benzene rings is 1. The third kappa shape index (κ3) is 4.48. The van der Waals surface area contributed by atoms with Gasteiger partial charge in [0.1, 0.15) is 5.82 Å². The molecule has 1 N–H and O–H groups in total. The second-order valence-corrected chi connectivity index (χ2v) is 7.74. The van der Waals surface area contributed by atoms with E-state index >= 15 is 0 Å². The fourth-order valence-electron chi connectivity index (χ4n) is 2.17. The fraction of sp³-hybridized carbons (Fsp3) is 0.333. The summed E-state index contributed by atoms with van der Waals surface area (Å²) in [6, 6.07) is 5.90. The zero-order valence-electron chi connectivity index (χ0n) is 13.0. The number of halogens is 2. The summed E-state index contributed by atoms with van der Waals surface area (Å²) < 4.78 is 38.4. The number of nitrogens with zero attached hydrogens (tertiary/aromatic N) is 2. The predicted octanol–water partition coefficient (Wildman–Crippen LogP) is 3.67. The van der Waals surface area contributed by atoms with Crippen LogP contribution in [0.1, 0.15) is 31.0 Å². The van der Waals surface area contributed by atoms with Gasteiger partial charge in [-0.25, -0.2) is 22.8 Å². The third-order valence-corrected chi connectivity index (χ3v) is 4.23. The van der Waals surface area contributed by atoms with Crippen LogP contribution in [0.2, 0.25) is 0 Å². The van der Waals surface area contributed by atoms with Crippen molar-refractivity contribution in [2.24, 2.45) is 0 Å². The highest BCUT2D eigenvalue weighted by molar-refractivity contribution is 9.08. The first-order valence-electron chi connectivity index (χ1n) is 6.91. The third-order valence-electron chi connectivity index (χ3n) is 3.11. The summed E-state index contributed by atoms with van der Waals surface area (Å²) in [5, 5.41) is 0.506. The van der Waals surface area contributed by atoms with Crippen LogP contribution < -0.4 is 4.72 Å². The first kappa shape index (κ1) is 17.8. The van der Waals surface area contributed by atoms with Crippen molar-refractivity contribution < 1.29 is 12.8 Å². The van der Waals surface area contributed by atoms with Gasteiger partial charge in [-0.15, -0.1) is 0 Å². The van der Waals surface area contributed by atoms with Crippen molar-refractivity contribution in [2.75, 3.05) is 11.0 Å². The average molecular weight is 402 g/mol. The van der Waals surface area contributed by atoms with Crippen LogP contribution in [0.4, 0.5) is 10.3 Å². The van der Waals surface area contributed by atoms with Gasteiger partial charge in [0, 0.05) is 16.5 Å². The largest absolute Gasteiger partial charge is 0.251 e. The van der Waals surface area contributed by atoms with E-state index in [-0.39, 0.29) is 17.7 Å².